The molecular formula is C16H21NO5. The van der Waals surface area contributed by atoms with Crippen molar-refractivity contribution in [2.24, 2.45) is 0 Å². The summed E-state index contributed by atoms with van der Waals surface area (Å²) in [7, 11) is 3.11. The third kappa shape index (κ3) is 5.12. The smallest absolute Gasteiger partial charge is 0.305 e. The van der Waals surface area contributed by atoms with E-state index in [1.54, 1.807) is 45.4 Å². The highest BCUT2D eigenvalue weighted by Gasteiger charge is 2.10. The van der Waals surface area contributed by atoms with E-state index in [1.807, 2.05) is 0 Å². The molecule has 6 heteroatoms. The van der Waals surface area contributed by atoms with E-state index in [0.717, 1.165) is 0 Å². The second kappa shape index (κ2) is 8.71. The van der Waals surface area contributed by atoms with Crippen LogP contribution in [0.15, 0.2) is 24.3 Å². The molecule has 0 aliphatic rings. The number of benzene rings is 1. The maximum absolute atomic E-state index is 12.1. The Morgan fingerprint density at radius 1 is 1.27 bits per heavy atom. The number of hydrogen-bond acceptors (Lipinski definition) is 4. The van der Waals surface area contributed by atoms with E-state index in [1.165, 1.54) is 11.0 Å². The fourth-order valence-corrected chi connectivity index (χ4v) is 1.89. The van der Waals surface area contributed by atoms with Gasteiger partial charge in [-0.05, 0) is 31.2 Å². The minimum absolute atomic E-state index is 0.0735. The molecule has 0 atom stereocenters. The van der Waals surface area contributed by atoms with Crippen LogP contribution in [0.2, 0.25) is 0 Å². The predicted octanol–water partition coefficient (Wildman–Crippen LogP) is 2.04. The average molecular weight is 307 g/mol. The van der Waals surface area contributed by atoms with E-state index in [4.69, 9.17) is 14.6 Å². The Hall–Kier alpha value is -2.50. The van der Waals surface area contributed by atoms with Crippen molar-refractivity contribution in [3.8, 4) is 11.5 Å². The third-order valence-corrected chi connectivity index (χ3v) is 3.13. The molecule has 0 aliphatic heterocycles. The van der Waals surface area contributed by atoms with Gasteiger partial charge in [0.25, 0.3) is 0 Å². The largest absolute Gasteiger partial charge is 0.497 e. The number of methoxy groups -OCH3 is 2. The number of nitrogens with zero attached hydrogens (tertiary/aromatic N) is 1. The number of aliphatic carboxylic acids is 1. The zero-order chi connectivity index (χ0) is 16.5. The number of carboxylic acids is 1. The highest BCUT2D eigenvalue weighted by atomic mass is 16.5. The predicted molar refractivity (Wildman–Crippen MR) is 83.1 cm³/mol. The van der Waals surface area contributed by atoms with Crippen molar-refractivity contribution in [1.29, 1.82) is 0 Å². The molecule has 1 N–H and O–H groups in total. The second-order valence-corrected chi connectivity index (χ2v) is 4.50. The van der Waals surface area contributed by atoms with Crippen LogP contribution in [0.3, 0.4) is 0 Å². The first-order valence-corrected chi connectivity index (χ1v) is 6.92. The van der Waals surface area contributed by atoms with Gasteiger partial charge in [-0.3, -0.25) is 9.59 Å². The molecular weight excluding hydrogens is 286 g/mol. The molecule has 0 fully saturated rings. The van der Waals surface area contributed by atoms with E-state index in [9.17, 15) is 9.59 Å². The molecule has 0 saturated heterocycles. The molecule has 0 spiro atoms. The van der Waals surface area contributed by atoms with Crippen LogP contribution in [0.1, 0.15) is 18.9 Å². The van der Waals surface area contributed by atoms with Crippen molar-refractivity contribution < 1.29 is 24.2 Å². The van der Waals surface area contributed by atoms with Gasteiger partial charge in [0.2, 0.25) is 5.91 Å². The van der Waals surface area contributed by atoms with Crippen LogP contribution in [0.4, 0.5) is 0 Å². The Kier molecular flexibility index (Phi) is 6.95. The number of ether oxygens (including phenoxy) is 2. The molecule has 0 unspecified atom stereocenters. The summed E-state index contributed by atoms with van der Waals surface area (Å²) in [5, 5.41) is 8.69. The van der Waals surface area contributed by atoms with Crippen LogP contribution in [-0.4, -0.2) is 49.2 Å². The minimum atomic E-state index is -0.926. The lowest BCUT2D eigenvalue weighted by Gasteiger charge is -2.17. The van der Waals surface area contributed by atoms with Gasteiger partial charge in [0.15, 0.2) is 0 Å². The zero-order valence-electron chi connectivity index (χ0n) is 13.0. The summed E-state index contributed by atoms with van der Waals surface area (Å²) in [4.78, 5) is 24.1. The molecule has 1 rings (SSSR count). The Labute approximate surface area is 129 Å². The maximum atomic E-state index is 12.1. The molecule has 0 aliphatic carbocycles. The van der Waals surface area contributed by atoms with Crippen molar-refractivity contribution in [1.82, 2.24) is 4.90 Å². The number of amides is 1. The Morgan fingerprint density at radius 3 is 2.55 bits per heavy atom. The van der Waals surface area contributed by atoms with Crippen molar-refractivity contribution in [2.75, 3.05) is 27.3 Å². The normalized spacial score (nSPS) is 10.5. The average Bonchev–Trinajstić information content (AvgIpc) is 2.52. The summed E-state index contributed by atoms with van der Waals surface area (Å²) in [5.74, 6) is 0.114. The molecule has 1 aromatic carbocycles. The number of carboxylic acid groups (broad SMARTS) is 1. The number of hydrogen-bond donors (Lipinski definition) is 1. The fourth-order valence-electron chi connectivity index (χ4n) is 1.89. The number of rotatable bonds is 8. The minimum Gasteiger partial charge on any atom is -0.497 e. The van der Waals surface area contributed by atoms with Gasteiger partial charge in [-0.25, -0.2) is 0 Å². The van der Waals surface area contributed by atoms with Crippen LogP contribution in [0.5, 0.6) is 11.5 Å². The molecule has 1 aromatic rings. The van der Waals surface area contributed by atoms with Crippen LogP contribution in [-0.2, 0) is 9.59 Å². The van der Waals surface area contributed by atoms with Crippen LogP contribution in [0, 0.1) is 0 Å². The SMILES string of the molecule is CCN(CCC(=O)O)C(=O)/C=C/c1cc(OC)ccc1OC. The summed E-state index contributed by atoms with van der Waals surface area (Å²) in [6, 6.07) is 5.28. The lowest BCUT2D eigenvalue weighted by Crippen LogP contribution is -2.31. The highest BCUT2D eigenvalue weighted by molar-refractivity contribution is 5.92. The first-order valence-electron chi connectivity index (χ1n) is 6.92. The molecule has 0 heterocycles. The van der Waals surface area contributed by atoms with Gasteiger partial charge in [-0.15, -0.1) is 0 Å². The first kappa shape index (κ1) is 17.6. The van der Waals surface area contributed by atoms with Crippen LogP contribution in [0.25, 0.3) is 6.08 Å². The van der Waals surface area contributed by atoms with E-state index in [0.29, 0.717) is 23.6 Å². The third-order valence-electron chi connectivity index (χ3n) is 3.13. The van der Waals surface area contributed by atoms with Crippen LogP contribution < -0.4 is 9.47 Å². The zero-order valence-corrected chi connectivity index (χ0v) is 13.0. The molecule has 1 amide bonds. The van der Waals surface area contributed by atoms with Crippen molar-refractivity contribution >= 4 is 18.0 Å². The molecule has 6 nitrogen and oxygen atoms in total. The van der Waals surface area contributed by atoms with Crippen LogP contribution >= 0.6 is 0 Å². The van der Waals surface area contributed by atoms with E-state index < -0.39 is 5.97 Å². The van der Waals surface area contributed by atoms with E-state index >= 15 is 0 Å². The maximum Gasteiger partial charge on any atom is 0.305 e. The topological polar surface area (TPSA) is 76.1 Å². The van der Waals surface area contributed by atoms with Crippen molar-refractivity contribution in [2.45, 2.75) is 13.3 Å². The summed E-state index contributed by atoms with van der Waals surface area (Å²) >= 11 is 0. The number of likely N-dealkylation sites (N-methyl/N-ethyl adjacent to an activating group) is 1. The lowest BCUT2D eigenvalue weighted by molar-refractivity contribution is -0.137. The van der Waals surface area contributed by atoms with E-state index in [-0.39, 0.29) is 18.9 Å². The van der Waals surface area contributed by atoms with Crippen molar-refractivity contribution in [3.63, 3.8) is 0 Å². The van der Waals surface area contributed by atoms with Gasteiger partial charge in [0.1, 0.15) is 11.5 Å². The summed E-state index contributed by atoms with van der Waals surface area (Å²) < 4.78 is 10.4. The quantitative estimate of drug-likeness (QED) is 0.744. The van der Waals surface area contributed by atoms with Crippen molar-refractivity contribution in [3.05, 3.63) is 29.8 Å². The standard InChI is InChI=1S/C16H21NO5/c1-4-17(10-9-16(19)20)15(18)8-5-12-11-13(21-2)6-7-14(12)22-3/h5-8,11H,4,9-10H2,1-3H3,(H,19,20)/b8-5+. The second-order valence-electron chi connectivity index (χ2n) is 4.50. The van der Waals surface area contributed by atoms with Gasteiger partial charge in [0, 0.05) is 24.7 Å². The van der Waals surface area contributed by atoms with Gasteiger partial charge < -0.3 is 19.5 Å². The van der Waals surface area contributed by atoms with Gasteiger partial charge in [0.05, 0.1) is 20.6 Å². The van der Waals surface area contributed by atoms with Gasteiger partial charge in [-0.1, -0.05) is 0 Å². The summed E-state index contributed by atoms with van der Waals surface area (Å²) in [6.07, 6.45) is 2.96. The molecule has 22 heavy (non-hydrogen) atoms. The molecule has 0 aromatic heterocycles. The van der Waals surface area contributed by atoms with E-state index in [2.05, 4.69) is 0 Å². The summed E-state index contributed by atoms with van der Waals surface area (Å²) in [5.41, 5.74) is 0.712. The Morgan fingerprint density at radius 2 is 2.00 bits per heavy atom. The monoisotopic (exact) mass is 307 g/mol. The lowest BCUT2D eigenvalue weighted by atomic mass is 10.1. The number of carbonyl (C=O) groups is 2. The number of carbonyl (C=O) groups excluding carboxylic acids is 1. The van der Waals surface area contributed by atoms with Gasteiger partial charge >= 0.3 is 5.97 Å². The molecule has 0 bridgehead atoms. The first-order chi connectivity index (χ1) is 10.5. The Bertz CT molecular complexity index is 553. The highest BCUT2D eigenvalue weighted by Crippen LogP contribution is 2.25. The molecule has 0 radical (unpaired) electrons. The summed E-state index contributed by atoms with van der Waals surface area (Å²) in [6.45, 7) is 2.44. The Balaban J connectivity index is 2.85. The molecule has 120 valence electrons. The van der Waals surface area contributed by atoms with Gasteiger partial charge in [-0.2, -0.15) is 0 Å². The fraction of sp³-hybridized carbons (Fsp3) is 0.375. The molecule has 0 saturated carbocycles.